The molecule has 1 heterocycles. The van der Waals surface area contributed by atoms with E-state index in [0.29, 0.717) is 0 Å². The molecule has 0 radical (unpaired) electrons. The van der Waals surface area contributed by atoms with Crippen molar-refractivity contribution in [1.29, 1.82) is 0 Å². The fourth-order valence-corrected chi connectivity index (χ4v) is 4.13. The molecule has 1 aliphatic heterocycles. The van der Waals surface area contributed by atoms with Gasteiger partial charge >= 0.3 is 0 Å². The average molecular weight is 304 g/mol. The zero-order valence-corrected chi connectivity index (χ0v) is 13.9. The van der Waals surface area contributed by atoms with Gasteiger partial charge in [0.25, 0.3) is 0 Å². The summed E-state index contributed by atoms with van der Waals surface area (Å²) in [4.78, 5) is 0. The Hall–Kier alpha value is -1.00. The van der Waals surface area contributed by atoms with Gasteiger partial charge in [-0.3, -0.25) is 0 Å². The first-order chi connectivity index (χ1) is 9.93. The van der Waals surface area contributed by atoms with Gasteiger partial charge in [-0.25, -0.2) is 4.21 Å². The monoisotopic (exact) mass is 304 g/mol. The Morgan fingerprint density at radius 2 is 1.86 bits per heavy atom. The van der Waals surface area contributed by atoms with Gasteiger partial charge in [-0.05, 0) is 57.8 Å². The average Bonchev–Trinajstić information content (AvgIpc) is 2.73. The second-order valence-electron chi connectivity index (χ2n) is 7.07. The molecule has 1 N–H and O–H groups in total. The summed E-state index contributed by atoms with van der Waals surface area (Å²) in [5.41, 5.74) is 3.93. The maximum Gasteiger partial charge on any atom is 0.144 e. The summed E-state index contributed by atoms with van der Waals surface area (Å²) in [5.74, 6) is 0. The van der Waals surface area contributed by atoms with Gasteiger partial charge in [0.05, 0.1) is 4.75 Å². The first kappa shape index (κ1) is 14.9. The van der Waals surface area contributed by atoms with E-state index in [0.717, 1.165) is 38.1 Å². The van der Waals surface area contributed by atoms with Crippen molar-refractivity contribution in [3.8, 4) is 0 Å². The van der Waals surface area contributed by atoms with Crippen LogP contribution in [0, 0.1) is 0 Å². The lowest BCUT2D eigenvalue weighted by Crippen LogP contribution is -2.43. The lowest BCUT2D eigenvalue weighted by molar-refractivity contribution is 0.401. The first-order valence-electron chi connectivity index (χ1n) is 7.73. The van der Waals surface area contributed by atoms with Crippen LogP contribution in [0.15, 0.2) is 28.7 Å². The SMILES string of the molecule is CC(C)(C)[S@@](=O)N=C1Cc2ccccc2C12CCNCC2. The molecule has 1 fully saturated rings. The smallest absolute Gasteiger partial charge is 0.144 e. The molecule has 1 saturated heterocycles. The Balaban J connectivity index is 2.06. The van der Waals surface area contributed by atoms with E-state index in [1.165, 1.54) is 11.1 Å². The molecular formula is C17H24N2OS. The molecule has 1 atom stereocenters. The lowest BCUT2D eigenvalue weighted by atomic mass is 9.73. The number of benzene rings is 1. The van der Waals surface area contributed by atoms with Crippen molar-refractivity contribution in [3.05, 3.63) is 35.4 Å². The molecule has 1 spiro atoms. The summed E-state index contributed by atoms with van der Waals surface area (Å²) in [6, 6.07) is 8.65. The Kier molecular flexibility index (Phi) is 3.78. The minimum Gasteiger partial charge on any atom is -0.317 e. The van der Waals surface area contributed by atoms with Crippen molar-refractivity contribution in [1.82, 2.24) is 5.32 Å². The predicted octanol–water partition coefficient (Wildman–Crippen LogP) is 2.77. The predicted molar refractivity (Wildman–Crippen MR) is 89.3 cm³/mol. The van der Waals surface area contributed by atoms with Gasteiger partial charge in [0, 0.05) is 17.5 Å². The number of hydrogen-bond donors (Lipinski definition) is 1. The topological polar surface area (TPSA) is 41.5 Å². The Labute approximate surface area is 129 Å². The van der Waals surface area contributed by atoms with E-state index in [-0.39, 0.29) is 10.2 Å². The Morgan fingerprint density at radius 3 is 2.52 bits per heavy atom. The molecule has 1 aromatic carbocycles. The van der Waals surface area contributed by atoms with Crippen LogP contribution in [0.2, 0.25) is 0 Å². The maximum atomic E-state index is 12.5. The lowest BCUT2D eigenvalue weighted by Gasteiger charge is -2.35. The van der Waals surface area contributed by atoms with Gasteiger partial charge in [-0.15, -0.1) is 0 Å². The molecule has 0 saturated carbocycles. The van der Waals surface area contributed by atoms with E-state index in [4.69, 9.17) is 4.40 Å². The second-order valence-corrected chi connectivity index (χ2v) is 8.97. The van der Waals surface area contributed by atoms with Crippen LogP contribution in [0.3, 0.4) is 0 Å². The van der Waals surface area contributed by atoms with Crippen LogP contribution < -0.4 is 5.32 Å². The van der Waals surface area contributed by atoms with Gasteiger partial charge in [-0.2, -0.15) is 4.40 Å². The highest BCUT2D eigenvalue weighted by molar-refractivity contribution is 7.85. The summed E-state index contributed by atoms with van der Waals surface area (Å²) in [6.07, 6.45) is 2.98. The van der Waals surface area contributed by atoms with Crippen molar-refractivity contribution in [2.24, 2.45) is 4.40 Å². The maximum absolute atomic E-state index is 12.5. The number of hydrogen-bond acceptors (Lipinski definition) is 2. The molecular weight excluding hydrogens is 280 g/mol. The van der Waals surface area contributed by atoms with Crippen LogP contribution in [0.5, 0.6) is 0 Å². The molecule has 21 heavy (non-hydrogen) atoms. The van der Waals surface area contributed by atoms with Crippen LogP contribution in [-0.4, -0.2) is 27.8 Å². The molecule has 2 aliphatic rings. The number of piperidine rings is 1. The molecule has 3 nitrogen and oxygen atoms in total. The molecule has 0 amide bonds. The van der Waals surface area contributed by atoms with Crippen LogP contribution in [-0.2, 0) is 22.8 Å². The summed E-state index contributed by atoms with van der Waals surface area (Å²) >= 11 is 0. The molecule has 0 aromatic heterocycles. The fraction of sp³-hybridized carbons (Fsp3) is 0.588. The summed E-state index contributed by atoms with van der Waals surface area (Å²) in [7, 11) is -1.18. The molecule has 4 heteroatoms. The van der Waals surface area contributed by atoms with Crippen molar-refractivity contribution in [3.63, 3.8) is 0 Å². The van der Waals surface area contributed by atoms with Crippen LogP contribution >= 0.6 is 0 Å². The van der Waals surface area contributed by atoms with Gasteiger partial charge in [0.2, 0.25) is 0 Å². The van der Waals surface area contributed by atoms with Crippen LogP contribution in [0.25, 0.3) is 0 Å². The summed E-state index contributed by atoms with van der Waals surface area (Å²) < 4.78 is 16.9. The van der Waals surface area contributed by atoms with Gasteiger partial charge in [0.15, 0.2) is 0 Å². The van der Waals surface area contributed by atoms with Crippen LogP contribution in [0.4, 0.5) is 0 Å². The first-order valence-corrected chi connectivity index (χ1v) is 8.83. The third-order valence-corrected chi connectivity index (χ3v) is 6.05. The van der Waals surface area contributed by atoms with E-state index >= 15 is 0 Å². The van der Waals surface area contributed by atoms with E-state index in [9.17, 15) is 4.21 Å². The molecule has 1 aromatic rings. The number of rotatable bonds is 1. The summed E-state index contributed by atoms with van der Waals surface area (Å²) in [6.45, 7) is 7.99. The van der Waals surface area contributed by atoms with Crippen LogP contribution in [0.1, 0.15) is 44.7 Å². The van der Waals surface area contributed by atoms with Crippen molar-refractivity contribution < 1.29 is 4.21 Å². The van der Waals surface area contributed by atoms with Gasteiger partial charge in [-0.1, -0.05) is 24.3 Å². The highest BCUT2D eigenvalue weighted by atomic mass is 32.2. The second kappa shape index (κ2) is 5.33. The third kappa shape index (κ3) is 2.59. The molecule has 0 bridgehead atoms. The zero-order valence-electron chi connectivity index (χ0n) is 13.1. The third-order valence-electron chi connectivity index (χ3n) is 4.62. The zero-order chi connectivity index (χ0) is 15.1. The Morgan fingerprint density at radius 1 is 1.19 bits per heavy atom. The van der Waals surface area contributed by atoms with E-state index in [1.807, 2.05) is 20.8 Å². The standard InChI is InChI=1S/C17H24N2OS/c1-16(2,3)21(20)19-15-12-13-6-4-5-7-14(13)17(15)8-10-18-11-9-17/h4-7,18H,8-12H2,1-3H3/t21-/m1/s1. The fourth-order valence-electron chi connectivity index (χ4n) is 3.41. The number of nitrogens with zero attached hydrogens (tertiary/aromatic N) is 1. The quantitative estimate of drug-likeness (QED) is 0.867. The normalized spacial score (nSPS) is 24.2. The van der Waals surface area contributed by atoms with Crippen molar-refractivity contribution in [2.75, 3.05) is 13.1 Å². The molecule has 0 unspecified atom stereocenters. The van der Waals surface area contributed by atoms with Crippen molar-refractivity contribution >= 4 is 16.7 Å². The molecule has 1 aliphatic carbocycles. The Bertz CT molecular complexity index is 595. The van der Waals surface area contributed by atoms with E-state index in [1.54, 1.807) is 0 Å². The van der Waals surface area contributed by atoms with Gasteiger partial charge in [0.1, 0.15) is 11.0 Å². The minimum atomic E-state index is -1.18. The molecule has 114 valence electrons. The number of nitrogens with one attached hydrogen (secondary N) is 1. The number of fused-ring (bicyclic) bond motifs is 2. The van der Waals surface area contributed by atoms with Crippen molar-refractivity contribution in [2.45, 2.75) is 50.2 Å². The van der Waals surface area contributed by atoms with Gasteiger partial charge < -0.3 is 5.32 Å². The largest absolute Gasteiger partial charge is 0.317 e. The summed E-state index contributed by atoms with van der Waals surface area (Å²) in [5, 5.41) is 3.44. The molecule has 3 rings (SSSR count). The highest BCUT2D eigenvalue weighted by Gasteiger charge is 2.45. The highest BCUT2D eigenvalue weighted by Crippen LogP contribution is 2.43. The minimum absolute atomic E-state index is 0.0166. The van der Waals surface area contributed by atoms with E-state index < -0.39 is 11.0 Å². The van der Waals surface area contributed by atoms with E-state index in [2.05, 4.69) is 29.6 Å².